The molecule has 3 N–H and O–H groups in total. The number of hydrogen-bond donors (Lipinski definition) is 2. The number of benzene rings is 2. The lowest BCUT2D eigenvalue weighted by Gasteiger charge is -2.30. The number of nitrogens with one attached hydrogen (secondary N) is 1. The van der Waals surface area contributed by atoms with E-state index in [1.807, 2.05) is 0 Å². The summed E-state index contributed by atoms with van der Waals surface area (Å²) in [6.45, 7) is 7.51. The number of methoxy groups -OCH3 is 1. The molecule has 0 spiro atoms. The Hall–Kier alpha value is -2.97. The summed E-state index contributed by atoms with van der Waals surface area (Å²) in [4.78, 5) is 31.6. The van der Waals surface area contributed by atoms with Gasteiger partial charge in [-0.2, -0.15) is 0 Å². The van der Waals surface area contributed by atoms with Crippen LogP contribution in [0.1, 0.15) is 61.9 Å². The van der Waals surface area contributed by atoms with E-state index in [1.54, 1.807) is 48.4 Å². The van der Waals surface area contributed by atoms with Crippen LogP contribution in [0.15, 0.2) is 48.5 Å². The summed E-state index contributed by atoms with van der Waals surface area (Å²) in [6, 6.07) is 13.1. The van der Waals surface area contributed by atoms with Gasteiger partial charge in [-0.25, -0.2) is 4.39 Å². The summed E-state index contributed by atoms with van der Waals surface area (Å²) in [6.07, 6.45) is 4.98. The van der Waals surface area contributed by atoms with E-state index >= 15 is 0 Å². The zero-order chi connectivity index (χ0) is 28.6. The molecule has 7 nitrogen and oxygen atoms in total. The van der Waals surface area contributed by atoms with Crippen molar-refractivity contribution in [3.05, 3.63) is 65.5 Å². The van der Waals surface area contributed by atoms with Crippen molar-refractivity contribution in [1.82, 2.24) is 15.1 Å². The smallest absolute Gasteiger partial charge is 0.254 e. The van der Waals surface area contributed by atoms with Gasteiger partial charge in [-0.05, 0) is 85.9 Å². The molecule has 2 aromatic rings. The Labute approximate surface area is 238 Å². The second-order valence-electron chi connectivity index (χ2n) is 11.9. The largest absolute Gasteiger partial charge is 0.497 e. The molecule has 218 valence electrons. The highest BCUT2D eigenvalue weighted by Crippen LogP contribution is 2.30. The van der Waals surface area contributed by atoms with Crippen molar-refractivity contribution in [2.75, 3.05) is 33.3 Å². The van der Waals surface area contributed by atoms with Gasteiger partial charge in [-0.1, -0.05) is 38.5 Å². The highest BCUT2D eigenvalue weighted by atomic mass is 19.1. The molecular weight excluding hydrogens is 507 g/mol. The van der Waals surface area contributed by atoms with Crippen molar-refractivity contribution in [1.29, 1.82) is 0 Å². The van der Waals surface area contributed by atoms with Gasteiger partial charge in [0, 0.05) is 37.8 Å². The van der Waals surface area contributed by atoms with Crippen LogP contribution >= 0.6 is 0 Å². The lowest BCUT2D eigenvalue weighted by Crippen LogP contribution is -2.47. The maximum atomic E-state index is 13.8. The lowest BCUT2D eigenvalue weighted by atomic mass is 9.81. The Morgan fingerprint density at radius 2 is 1.88 bits per heavy atom. The molecule has 1 saturated heterocycles. The first-order valence-corrected chi connectivity index (χ1v) is 14.7. The van der Waals surface area contributed by atoms with Gasteiger partial charge in [0.1, 0.15) is 17.6 Å². The first-order valence-electron chi connectivity index (χ1n) is 14.7. The number of nitrogens with zero attached hydrogens (tertiary/aromatic N) is 2. The third kappa shape index (κ3) is 7.82. The van der Waals surface area contributed by atoms with Gasteiger partial charge in [0.15, 0.2) is 0 Å². The van der Waals surface area contributed by atoms with E-state index in [4.69, 9.17) is 10.5 Å². The number of carbonyl (C=O) groups excluding carboxylic acids is 2. The van der Waals surface area contributed by atoms with Crippen molar-refractivity contribution >= 4 is 11.8 Å². The van der Waals surface area contributed by atoms with Gasteiger partial charge in [0.05, 0.1) is 7.11 Å². The third-order valence-electron chi connectivity index (χ3n) is 8.36. The molecule has 4 atom stereocenters. The van der Waals surface area contributed by atoms with Crippen LogP contribution in [0.3, 0.4) is 0 Å². The number of amides is 2. The molecule has 0 radical (unpaired) electrons. The summed E-state index contributed by atoms with van der Waals surface area (Å²) in [5.41, 5.74) is 7.44. The lowest BCUT2D eigenvalue weighted by molar-refractivity contribution is -0.125. The van der Waals surface area contributed by atoms with E-state index in [0.29, 0.717) is 61.7 Å². The summed E-state index contributed by atoms with van der Waals surface area (Å²) in [5.74, 6) is 1.40. The van der Waals surface area contributed by atoms with E-state index in [9.17, 15) is 14.0 Å². The summed E-state index contributed by atoms with van der Waals surface area (Å²) >= 11 is 0. The van der Waals surface area contributed by atoms with Crippen LogP contribution in [-0.4, -0.2) is 67.0 Å². The van der Waals surface area contributed by atoms with Gasteiger partial charge >= 0.3 is 0 Å². The number of rotatable bonds is 11. The molecule has 4 unspecified atom stereocenters. The zero-order valence-electron chi connectivity index (χ0n) is 24.2. The van der Waals surface area contributed by atoms with Crippen molar-refractivity contribution < 1.29 is 18.7 Å². The van der Waals surface area contributed by atoms with Crippen LogP contribution in [-0.2, 0) is 11.3 Å². The quantitative estimate of drug-likeness (QED) is 0.430. The number of likely N-dealkylation sites (tertiary alicyclic amines) is 1. The topological polar surface area (TPSA) is 87.9 Å². The molecule has 1 heterocycles. The summed E-state index contributed by atoms with van der Waals surface area (Å²) < 4.78 is 18.9. The molecule has 40 heavy (non-hydrogen) atoms. The van der Waals surface area contributed by atoms with Crippen molar-refractivity contribution in [2.45, 2.75) is 64.6 Å². The van der Waals surface area contributed by atoms with Crippen molar-refractivity contribution in [3.63, 3.8) is 0 Å². The van der Waals surface area contributed by atoms with Crippen LogP contribution in [0.25, 0.3) is 0 Å². The molecule has 1 saturated carbocycles. The fourth-order valence-electron chi connectivity index (χ4n) is 6.27. The number of halogens is 1. The SMILES string of the molecule is COc1cccc(C(=O)N2CC(N(Cc3ccc(F)cc3)CC(C)C)CC2C(=O)NCC2CCCC(CN)C2)c1. The molecule has 8 heteroatoms. The van der Waals surface area contributed by atoms with Crippen molar-refractivity contribution in [2.24, 2.45) is 23.5 Å². The van der Waals surface area contributed by atoms with Gasteiger partial charge in [-0.15, -0.1) is 0 Å². The molecule has 2 aromatic carbocycles. The number of ether oxygens (including phenoxy) is 1. The van der Waals surface area contributed by atoms with Gasteiger partial charge in [0.2, 0.25) is 5.91 Å². The van der Waals surface area contributed by atoms with E-state index in [-0.39, 0.29) is 23.7 Å². The fraction of sp³-hybridized carbons (Fsp3) is 0.562. The van der Waals surface area contributed by atoms with Crippen LogP contribution in [0.2, 0.25) is 0 Å². The molecule has 2 aliphatic rings. The average Bonchev–Trinajstić information content (AvgIpc) is 3.42. The average molecular weight is 553 g/mol. The summed E-state index contributed by atoms with van der Waals surface area (Å²) in [5, 5.41) is 3.20. The molecule has 0 bridgehead atoms. The molecule has 2 fully saturated rings. The van der Waals surface area contributed by atoms with Gasteiger partial charge in [0.25, 0.3) is 5.91 Å². The highest BCUT2D eigenvalue weighted by Gasteiger charge is 2.42. The zero-order valence-corrected chi connectivity index (χ0v) is 24.2. The number of carbonyl (C=O) groups is 2. The predicted octanol–water partition coefficient (Wildman–Crippen LogP) is 4.46. The molecule has 4 rings (SSSR count). The minimum atomic E-state index is -0.569. The molecular formula is C32H45FN4O3. The Morgan fingerprint density at radius 1 is 1.12 bits per heavy atom. The normalized spacial score (nSPS) is 23.0. The Morgan fingerprint density at radius 3 is 2.58 bits per heavy atom. The molecule has 0 aromatic heterocycles. The van der Waals surface area contributed by atoms with Crippen LogP contribution in [0.4, 0.5) is 4.39 Å². The standard InChI is InChI=1S/C32H45FN4O3/c1-22(2)19-36(20-23-10-12-27(33)13-11-23)28-16-30(31(38)35-18-25-7-4-6-24(14-25)17-34)37(21-28)32(39)26-8-5-9-29(15-26)40-3/h5,8-13,15,22,24-25,28,30H,4,6-7,14,16-21,34H2,1-3H3,(H,35,38). The first-order chi connectivity index (χ1) is 19.3. The third-order valence-corrected chi connectivity index (χ3v) is 8.36. The monoisotopic (exact) mass is 552 g/mol. The second-order valence-corrected chi connectivity index (χ2v) is 11.9. The van der Waals surface area contributed by atoms with E-state index < -0.39 is 6.04 Å². The van der Waals surface area contributed by atoms with Crippen LogP contribution < -0.4 is 15.8 Å². The van der Waals surface area contributed by atoms with Gasteiger partial charge < -0.3 is 20.7 Å². The molecule has 1 aliphatic carbocycles. The Kier molecular flexibility index (Phi) is 10.6. The highest BCUT2D eigenvalue weighted by molar-refractivity contribution is 5.98. The predicted molar refractivity (Wildman–Crippen MR) is 155 cm³/mol. The maximum Gasteiger partial charge on any atom is 0.254 e. The number of nitrogens with two attached hydrogens (primary N) is 1. The van der Waals surface area contributed by atoms with E-state index in [2.05, 4.69) is 24.1 Å². The maximum absolute atomic E-state index is 13.8. The Balaban J connectivity index is 1.54. The van der Waals surface area contributed by atoms with Crippen LogP contribution in [0, 0.1) is 23.6 Å². The number of hydrogen-bond acceptors (Lipinski definition) is 5. The Bertz CT molecular complexity index is 1130. The van der Waals surface area contributed by atoms with Crippen molar-refractivity contribution in [3.8, 4) is 5.75 Å². The minimum absolute atomic E-state index is 0.00550. The molecule has 1 aliphatic heterocycles. The van der Waals surface area contributed by atoms with Gasteiger partial charge in [-0.3, -0.25) is 14.5 Å². The second kappa shape index (κ2) is 14.1. The summed E-state index contributed by atoms with van der Waals surface area (Å²) in [7, 11) is 1.57. The first kappa shape index (κ1) is 30.0. The molecule has 2 amide bonds. The van der Waals surface area contributed by atoms with E-state index in [1.165, 1.54) is 12.1 Å². The van der Waals surface area contributed by atoms with Crippen LogP contribution in [0.5, 0.6) is 5.75 Å². The fourth-order valence-corrected chi connectivity index (χ4v) is 6.27. The minimum Gasteiger partial charge on any atom is -0.497 e. The van der Waals surface area contributed by atoms with E-state index in [0.717, 1.165) is 37.8 Å².